The highest BCUT2D eigenvalue weighted by Crippen LogP contribution is 2.43. The van der Waals surface area contributed by atoms with Gasteiger partial charge >= 0.3 is 6.09 Å². The number of likely N-dealkylation sites (N-methyl/N-ethyl adjacent to an activating group) is 1. The van der Waals surface area contributed by atoms with E-state index in [4.69, 9.17) is 11.6 Å². The molecule has 1 aliphatic rings. The molecule has 2 aromatic rings. The van der Waals surface area contributed by atoms with Crippen LogP contribution in [0.25, 0.3) is 0 Å². The normalized spacial score (nSPS) is 24.2. The summed E-state index contributed by atoms with van der Waals surface area (Å²) in [6.45, 7) is 0.509. The van der Waals surface area contributed by atoms with Crippen molar-refractivity contribution in [3.63, 3.8) is 0 Å². The van der Waals surface area contributed by atoms with E-state index in [-0.39, 0.29) is 12.5 Å². The minimum atomic E-state index is -1.61. The molecule has 1 N–H and O–H groups in total. The highest BCUT2D eigenvalue weighted by Gasteiger charge is 2.58. The van der Waals surface area contributed by atoms with Gasteiger partial charge in [0.1, 0.15) is 0 Å². The van der Waals surface area contributed by atoms with Crippen LogP contribution in [0.4, 0.5) is 4.79 Å². The summed E-state index contributed by atoms with van der Waals surface area (Å²) in [5, 5.41) is 8.97. The minimum Gasteiger partial charge on any atom is -0.465 e. The lowest BCUT2D eigenvalue weighted by molar-refractivity contribution is -0.136. The average molecular weight is 419 g/mol. The van der Waals surface area contributed by atoms with Crippen LogP contribution in [-0.2, 0) is 17.8 Å². The van der Waals surface area contributed by atoms with E-state index < -0.39 is 22.2 Å². The SMILES string of the molecule is CN(Cc1ccccc1)C(=O)C1(S)C(Cl)C(Cc2ccccc2)CN1C(=O)O. The average Bonchev–Trinajstić information content (AvgIpc) is 2.95. The van der Waals surface area contributed by atoms with Crippen LogP contribution in [0, 0.1) is 5.92 Å². The first kappa shape index (κ1) is 20.6. The topological polar surface area (TPSA) is 60.9 Å². The first-order valence-electron chi connectivity index (χ1n) is 9.04. The van der Waals surface area contributed by atoms with Gasteiger partial charge in [-0.3, -0.25) is 9.69 Å². The second-order valence-electron chi connectivity index (χ2n) is 7.12. The molecule has 1 fully saturated rings. The molecule has 0 aliphatic carbocycles. The Morgan fingerprint density at radius 3 is 2.21 bits per heavy atom. The molecule has 2 amide bonds. The largest absolute Gasteiger partial charge is 0.465 e. The second-order valence-corrected chi connectivity index (χ2v) is 8.27. The third-order valence-electron chi connectivity index (χ3n) is 5.12. The molecular weight excluding hydrogens is 396 g/mol. The van der Waals surface area contributed by atoms with E-state index >= 15 is 0 Å². The quantitative estimate of drug-likeness (QED) is 0.574. The molecule has 1 aliphatic heterocycles. The Balaban J connectivity index is 1.83. The maximum absolute atomic E-state index is 13.3. The molecule has 3 unspecified atom stereocenters. The third-order valence-corrected chi connectivity index (χ3v) is 6.66. The van der Waals surface area contributed by atoms with Crippen LogP contribution in [0.1, 0.15) is 11.1 Å². The van der Waals surface area contributed by atoms with Crippen molar-refractivity contribution < 1.29 is 14.7 Å². The molecule has 148 valence electrons. The van der Waals surface area contributed by atoms with Gasteiger partial charge in [0.2, 0.25) is 0 Å². The van der Waals surface area contributed by atoms with E-state index in [1.807, 2.05) is 60.7 Å². The summed E-state index contributed by atoms with van der Waals surface area (Å²) in [6.07, 6.45) is -0.616. The highest BCUT2D eigenvalue weighted by molar-refractivity contribution is 7.82. The fourth-order valence-electron chi connectivity index (χ4n) is 3.70. The van der Waals surface area contributed by atoms with Crippen LogP contribution in [0.5, 0.6) is 0 Å². The Hall–Kier alpha value is -2.18. The van der Waals surface area contributed by atoms with Crippen LogP contribution in [-0.4, -0.2) is 50.7 Å². The predicted molar refractivity (Wildman–Crippen MR) is 113 cm³/mol. The molecule has 0 radical (unpaired) electrons. The molecule has 3 rings (SSSR count). The van der Waals surface area contributed by atoms with E-state index in [2.05, 4.69) is 12.6 Å². The number of hydrogen-bond acceptors (Lipinski definition) is 3. The number of rotatable bonds is 5. The van der Waals surface area contributed by atoms with Crippen molar-refractivity contribution in [1.29, 1.82) is 0 Å². The van der Waals surface area contributed by atoms with Crippen molar-refractivity contribution in [3.05, 3.63) is 71.8 Å². The molecule has 0 bridgehead atoms. The molecule has 1 saturated heterocycles. The van der Waals surface area contributed by atoms with Crippen molar-refractivity contribution in [2.75, 3.05) is 13.6 Å². The summed E-state index contributed by atoms with van der Waals surface area (Å²) in [6, 6.07) is 19.2. The van der Waals surface area contributed by atoms with Gasteiger partial charge in [-0.25, -0.2) is 4.79 Å². The fraction of sp³-hybridized carbons (Fsp3) is 0.333. The lowest BCUT2D eigenvalue weighted by Crippen LogP contribution is -2.57. The Labute approximate surface area is 175 Å². The molecule has 28 heavy (non-hydrogen) atoms. The van der Waals surface area contributed by atoms with Gasteiger partial charge in [-0.1, -0.05) is 60.7 Å². The van der Waals surface area contributed by atoms with E-state index in [0.717, 1.165) is 16.0 Å². The molecule has 7 heteroatoms. The van der Waals surface area contributed by atoms with E-state index in [0.29, 0.717) is 13.0 Å². The number of hydrogen-bond donors (Lipinski definition) is 2. The number of carbonyl (C=O) groups is 2. The van der Waals surface area contributed by atoms with Crippen molar-refractivity contribution >= 4 is 36.2 Å². The van der Waals surface area contributed by atoms with E-state index in [9.17, 15) is 14.7 Å². The summed E-state index contributed by atoms with van der Waals surface area (Å²) < 4.78 is 0. The zero-order valence-corrected chi connectivity index (χ0v) is 17.2. The molecule has 1 heterocycles. The Bertz CT molecular complexity index is 836. The van der Waals surface area contributed by atoms with Crippen LogP contribution < -0.4 is 0 Å². The molecule has 3 atom stereocenters. The van der Waals surface area contributed by atoms with Crippen molar-refractivity contribution in [1.82, 2.24) is 9.80 Å². The number of carbonyl (C=O) groups excluding carboxylic acids is 1. The lowest BCUT2D eigenvalue weighted by Gasteiger charge is -2.36. The van der Waals surface area contributed by atoms with Crippen LogP contribution in [0.15, 0.2) is 60.7 Å². The smallest absolute Gasteiger partial charge is 0.408 e. The summed E-state index contributed by atoms with van der Waals surface area (Å²) in [5.41, 5.74) is 1.99. The number of nitrogens with zero attached hydrogens (tertiary/aromatic N) is 2. The van der Waals surface area contributed by atoms with Crippen molar-refractivity contribution in [2.45, 2.75) is 23.2 Å². The number of thiol groups is 1. The molecule has 0 saturated carbocycles. The summed E-state index contributed by atoms with van der Waals surface area (Å²) in [5.74, 6) is -0.635. The molecule has 0 spiro atoms. The van der Waals surface area contributed by atoms with Gasteiger partial charge in [-0.2, -0.15) is 0 Å². The zero-order valence-electron chi connectivity index (χ0n) is 15.5. The van der Waals surface area contributed by atoms with E-state index in [1.54, 1.807) is 7.05 Å². The summed E-state index contributed by atoms with van der Waals surface area (Å²) >= 11 is 11.2. The van der Waals surface area contributed by atoms with Crippen LogP contribution >= 0.6 is 24.2 Å². The Morgan fingerprint density at radius 2 is 1.68 bits per heavy atom. The first-order valence-corrected chi connectivity index (χ1v) is 9.92. The third kappa shape index (κ3) is 3.98. The monoisotopic (exact) mass is 418 g/mol. The lowest BCUT2D eigenvalue weighted by atomic mass is 9.95. The Kier molecular flexibility index (Phi) is 6.20. The number of carboxylic acid groups (broad SMARTS) is 1. The van der Waals surface area contributed by atoms with Crippen LogP contribution in [0.2, 0.25) is 0 Å². The molecule has 5 nitrogen and oxygen atoms in total. The number of alkyl halides is 1. The van der Waals surface area contributed by atoms with Gasteiger partial charge in [-0.15, -0.1) is 24.2 Å². The summed E-state index contributed by atoms with van der Waals surface area (Å²) in [7, 11) is 1.64. The minimum absolute atomic E-state index is 0.160. The van der Waals surface area contributed by atoms with Gasteiger partial charge in [0.25, 0.3) is 5.91 Å². The maximum atomic E-state index is 13.3. The number of likely N-dealkylation sites (tertiary alicyclic amines) is 1. The standard InChI is InChI=1S/C21H23ClN2O3S/c1-23(13-16-10-6-3-7-11-16)19(25)21(28)18(22)17(14-24(21)20(26)27)12-15-8-4-2-5-9-15/h2-11,17-18,28H,12-14H2,1H3,(H,26,27). The van der Waals surface area contributed by atoms with Crippen molar-refractivity contribution in [3.8, 4) is 0 Å². The number of amides is 2. The Morgan fingerprint density at radius 1 is 1.14 bits per heavy atom. The van der Waals surface area contributed by atoms with Gasteiger partial charge in [-0.05, 0) is 17.5 Å². The first-order chi connectivity index (χ1) is 13.3. The van der Waals surface area contributed by atoms with Gasteiger partial charge < -0.3 is 10.0 Å². The maximum Gasteiger partial charge on any atom is 0.408 e. The second kappa shape index (κ2) is 8.45. The highest BCUT2D eigenvalue weighted by atomic mass is 35.5. The van der Waals surface area contributed by atoms with Gasteiger partial charge in [0.15, 0.2) is 4.87 Å². The molecule has 2 aromatic carbocycles. The number of halogens is 1. The fourth-order valence-corrected chi connectivity index (χ4v) is 4.62. The number of benzene rings is 2. The molecular formula is C21H23ClN2O3S. The zero-order chi connectivity index (χ0) is 20.3. The summed E-state index contributed by atoms with van der Waals surface area (Å²) in [4.78, 5) is 26.1. The van der Waals surface area contributed by atoms with E-state index in [1.165, 1.54) is 4.90 Å². The van der Waals surface area contributed by atoms with Gasteiger partial charge in [0.05, 0.1) is 5.38 Å². The predicted octanol–water partition coefficient (Wildman–Crippen LogP) is 3.73. The van der Waals surface area contributed by atoms with Crippen LogP contribution in [0.3, 0.4) is 0 Å². The van der Waals surface area contributed by atoms with Gasteiger partial charge in [0, 0.05) is 26.1 Å². The van der Waals surface area contributed by atoms with Crippen molar-refractivity contribution in [2.24, 2.45) is 5.92 Å². The molecule has 0 aromatic heterocycles.